The van der Waals surface area contributed by atoms with Crippen molar-refractivity contribution in [2.24, 2.45) is 0 Å². The molecule has 0 atom stereocenters. The fourth-order valence-electron chi connectivity index (χ4n) is 1.84. The molecule has 0 spiro atoms. The van der Waals surface area contributed by atoms with Gasteiger partial charge in [0.25, 0.3) is 5.56 Å². The molecule has 106 valence electrons. The number of aromatic nitrogens is 2. The average molecular weight is 291 g/mol. The highest BCUT2D eigenvalue weighted by Gasteiger charge is 2.06. The number of amides is 1. The Kier molecular flexibility index (Phi) is 5.06. The predicted molar refractivity (Wildman–Crippen MR) is 82.0 cm³/mol. The molecule has 0 fully saturated rings. The molecule has 6 heteroatoms. The number of nitrogens with one attached hydrogen (secondary N) is 3. The van der Waals surface area contributed by atoms with Crippen molar-refractivity contribution in [1.82, 2.24) is 10.2 Å². The molecule has 0 bridgehead atoms. The molecule has 2 rings (SSSR count). The molecule has 0 radical (unpaired) electrons. The zero-order valence-electron chi connectivity index (χ0n) is 11.2. The van der Waals surface area contributed by atoms with Crippen molar-refractivity contribution in [2.75, 3.05) is 11.1 Å². The second-order valence-corrected chi connectivity index (χ2v) is 5.32. The van der Waals surface area contributed by atoms with Crippen LogP contribution in [-0.4, -0.2) is 21.9 Å². The van der Waals surface area contributed by atoms with E-state index < -0.39 is 0 Å². The molecule has 0 aliphatic rings. The maximum atomic E-state index is 11.9. The number of para-hydroxylation sites is 1. The fraction of sp³-hybridized carbons (Fsp3) is 0.286. The Morgan fingerprint density at radius 2 is 2.10 bits per heavy atom. The van der Waals surface area contributed by atoms with Gasteiger partial charge in [-0.05, 0) is 18.1 Å². The molecule has 20 heavy (non-hydrogen) atoms. The van der Waals surface area contributed by atoms with Gasteiger partial charge in [-0.15, -0.1) is 11.8 Å². The summed E-state index contributed by atoms with van der Waals surface area (Å²) < 4.78 is 0. The first kappa shape index (κ1) is 14.5. The van der Waals surface area contributed by atoms with Crippen molar-refractivity contribution in [2.45, 2.75) is 19.1 Å². The first-order valence-electron chi connectivity index (χ1n) is 6.41. The summed E-state index contributed by atoms with van der Waals surface area (Å²) >= 11 is 1.46. The summed E-state index contributed by atoms with van der Waals surface area (Å²) in [5.74, 6) is 0.918. The number of thioether (sulfide) groups is 1. The summed E-state index contributed by atoms with van der Waals surface area (Å²) in [5, 5.41) is 8.14. The molecule has 1 heterocycles. The van der Waals surface area contributed by atoms with E-state index in [-0.39, 0.29) is 11.5 Å². The van der Waals surface area contributed by atoms with E-state index >= 15 is 0 Å². The van der Waals surface area contributed by atoms with Gasteiger partial charge in [0.2, 0.25) is 5.91 Å². The molecule has 5 nitrogen and oxygen atoms in total. The van der Waals surface area contributed by atoms with E-state index in [1.54, 1.807) is 0 Å². The van der Waals surface area contributed by atoms with E-state index in [2.05, 4.69) is 22.4 Å². The van der Waals surface area contributed by atoms with E-state index in [1.807, 2.05) is 24.3 Å². The Bertz CT molecular complexity index is 633. The average Bonchev–Trinajstić information content (AvgIpc) is 2.85. The number of carbonyl (C=O) groups is 1. The van der Waals surface area contributed by atoms with Crippen molar-refractivity contribution >= 4 is 23.4 Å². The zero-order valence-corrected chi connectivity index (χ0v) is 12.0. The third kappa shape index (κ3) is 4.03. The minimum Gasteiger partial charge on any atom is -0.325 e. The predicted octanol–water partition coefficient (Wildman–Crippen LogP) is 2.14. The van der Waals surface area contributed by atoms with Gasteiger partial charge < -0.3 is 10.4 Å². The van der Waals surface area contributed by atoms with Gasteiger partial charge >= 0.3 is 0 Å². The number of hydrogen-bond donors (Lipinski definition) is 3. The van der Waals surface area contributed by atoms with Crippen molar-refractivity contribution in [3.05, 3.63) is 51.9 Å². The van der Waals surface area contributed by atoms with Crippen molar-refractivity contribution < 1.29 is 4.79 Å². The molecule has 1 aromatic carbocycles. The van der Waals surface area contributed by atoms with Crippen LogP contribution in [0.2, 0.25) is 0 Å². The maximum Gasteiger partial charge on any atom is 0.264 e. The molecule has 0 aliphatic carbocycles. The standard InChI is InChI=1S/C14H17N3O2S/c1-2-10-5-3-4-6-12(10)15-14(19)9-20-8-11-7-13(18)17-16-11/h3-7H,2,8-9H2,1H3,(H,15,19)(H2,16,17,18). The van der Waals surface area contributed by atoms with Crippen LogP contribution in [0.3, 0.4) is 0 Å². The summed E-state index contributed by atoms with van der Waals surface area (Å²) in [6.45, 7) is 2.06. The van der Waals surface area contributed by atoms with Crippen molar-refractivity contribution in [3.8, 4) is 0 Å². The number of carbonyl (C=O) groups excluding carboxylic acids is 1. The highest BCUT2D eigenvalue weighted by molar-refractivity contribution is 7.99. The van der Waals surface area contributed by atoms with Crippen LogP contribution in [0.4, 0.5) is 5.69 Å². The summed E-state index contributed by atoms with van der Waals surface area (Å²) in [4.78, 5) is 22.8. The van der Waals surface area contributed by atoms with E-state index in [4.69, 9.17) is 0 Å². The minimum absolute atomic E-state index is 0.0335. The van der Waals surface area contributed by atoms with Gasteiger partial charge in [0.05, 0.1) is 5.75 Å². The van der Waals surface area contributed by atoms with Gasteiger partial charge in [-0.2, -0.15) is 0 Å². The largest absolute Gasteiger partial charge is 0.325 e. The second kappa shape index (κ2) is 7.00. The number of rotatable bonds is 6. The lowest BCUT2D eigenvalue weighted by Gasteiger charge is -2.09. The third-order valence-electron chi connectivity index (χ3n) is 2.81. The van der Waals surface area contributed by atoms with Gasteiger partial charge in [-0.25, -0.2) is 0 Å². The monoisotopic (exact) mass is 291 g/mol. The van der Waals surface area contributed by atoms with E-state index in [9.17, 15) is 9.59 Å². The lowest BCUT2D eigenvalue weighted by atomic mass is 10.1. The number of aromatic amines is 2. The van der Waals surface area contributed by atoms with Crippen LogP contribution in [-0.2, 0) is 17.0 Å². The first-order chi connectivity index (χ1) is 9.69. The van der Waals surface area contributed by atoms with E-state index in [1.165, 1.54) is 17.8 Å². The third-order valence-corrected chi connectivity index (χ3v) is 3.80. The molecule has 0 aliphatic heterocycles. The number of benzene rings is 1. The minimum atomic E-state index is -0.151. The number of hydrogen-bond acceptors (Lipinski definition) is 3. The maximum absolute atomic E-state index is 11.9. The molecule has 0 unspecified atom stereocenters. The van der Waals surface area contributed by atoms with E-state index in [0.717, 1.165) is 23.4 Å². The van der Waals surface area contributed by atoms with Crippen molar-refractivity contribution in [3.63, 3.8) is 0 Å². The van der Waals surface area contributed by atoms with Gasteiger partial charge in [0.1, 0.15) is 0 Å². The fourth-order valence-corrected chi connectivity index (χ4v) is 2.58. The van der Waals surface area contributed by atoms with Crippen LogP contribution in [0.5, 0.6) is 0 Å². The smallest absolute Gasteiger partial charge is 0.264 e. The Morgan fingerprint density at radius 3 is 2.80 bits per heavy atom. The molecule has 2 aromatic rings. The normalized spacial score (nSPS) is 10.4. The Hall–Kier alpha value is -1.95. The summed E-state index contributed by atoms with van der Waals surface area (Å²) in [5.41, 5.74) is 2.64. The highest BCUT2D eigenvalue weighted by Crippen LogP contribution is 2.16. The second-order valence-electron chi connectivity index (χ2n) is 4.34. The first-order valence-corrected chi connectivity index (χ1v) is 7.56. The quantitative estimate of drug-likeness (QED) is 0.763. The Labute approximate surface area is 121 Å². The van der Waals surface area contributed by atoms with Gasteiger partial charge in [0.15, 0.2) is 0 Å². The Morgan fingerprint density at radius 1 is 1.30 bits per heavy atom. The van der Waals surface area contributed by atoms with Gasteiger partial charge in [-0.3, -0.25) is 14.7 Å². The van der Waals surface area contributed by atoms with Crippen molar-refractivity contribution in [1.29, 1.82) is 0 Å². The molecule has 1 amide bonds. The van der Waals surface area contributed by atoms with Crippen LogP contribution in [0.25, 0.3) is 0 Å². The highest BCUT2D eigenvalue weighted by atomic mass is 32.2. The molecular weight excluding hydrogens is 274 g/mol. The van der Waals surface area contributed by atoms with Crippen LogP contribution >= 0.6 is 11.8 Å². The zero-order chi connectivity index (χ0) is 14.4. The lowest BCUT2D eigenvalue weighted by Crippen LogP contribution is -2.15. The summed E-state index contributed by atoms with van der Waals surface area (Å²) in [6, 6.07) is 9.29. The molecular formula is C14H17N3O2S. The topological polar surface area (TPSA) is 77.8 Å². The van der Waals surface area contributed by atoms with Crippen LogP contribution < -0.4 is 10.9 Å². The number of aryl methyl sites for hydroxylation is 1. The van der Waals surface area contributed by atoms with Crippen LogP contribution in [0, 0.1) is 0 Å². The molecule has 0 saturated carbocycles. The Balaban J connectivity index is 1.82. The molecule has 1 aromatic heterocycles. The van der Waals surface area contributed by atoms with E-state index in [0.29, 0.717) is 11.5 Å². The molecule has 0 saturated heterocycles. The SMILES string of the molecule is CCc1ccccc1NC(=O)CSCc1cc(=O)[nH][nH]1. The summed E-state index contributed by atoms with van der Waals surface area (Å²) in [6.07, 6.45) is 0.883. The lowest BCUT2D eigenvalue weighted by molar-refractivity contribution is -0.113. The van der Waals surface area contributed by atoms with Crippen LogP contribution in [0.15, 0.2) is 35.1 Å². The molecule has 3 N–H and O–H groups in total. The summed E-state index contributed by atoms with van der Waals surface area (Å²) in [7, 11) is 0. The number of H-pyrrole nitrogens is 2. The van der Waals surface area contributed by atoms with Gasteiger partial charge in [-0.1, -0.05) is 25.1 Å². The number of anilines is 1. The van der Waals surface area contributed by atoms with Gasteiger partial charge in [0, 0.05) is 23.2 Å². The van der Waals surface area contributed by atoms with Crippen LogP contribution in [0.1, 0.15) is 18.2 Å².